The Balaban J connectivity index is 1.93. The molecular formula is C32H28O2. The van der Waals surface area contributed by atoms with Gasteiger partial charge in [0.1, 0.15) is 5.75 Å². The van der Waals surface area contributed by atoms with E-state index in [2.05, 4.69) is 115 Å². The number of rotatable bonds is 6. The first-order valence-corrected chi connectivity index (χ1v) is 11.6. The normalized spacial score (nSPS) is 11.6. The molecule has 0 saturated heterocycles. The average molecular weight is 445 g/mol. The zero-order valence-electron chi connectivity index (χ0n) is 19.5. The molecule has 0 amide bonds. The van der Waals surface area contributed by atoms with E-state index < -0.39 is 5.41 Å². The van der Waals surface area contributed by atoms with Gasteiger partial charge in [-0.2, -0.15) is 0 Å². The topological polar surface area (TPSA) is 29.5 Å². The smallest absolute Gasteiger partial charge is 0.124 e. The summed E-state index contributed by atoms with van der Waals surface area (Å²) in [4.78, 5) is 0. The van der Waals surface area contributed by atoms with Crippen LogP contribution in [0.1, 0.15) is 33.4 Å². The van der Waals surface area contributed by atoms with Gasteiger partial charge in [0.05, 0.1) is 12.0 Å². The van der Waals surface area contributed by atoms with Crippen LogP contribution in [0.25, 0.3) is 10.8 Å². The lowest BCUT2D eigenvalue weighted by molar-refractivity contribution is 0.182. The number of hydrogen-bond acceptors (Lipinski definition) is 2. The van der Waals surface area contributed by atoms with Gasteiger partial charge in [-0.3, -0.25) is 0 Å². The zero-order valence-corrected chi connectivity index (χ0v) is 19.5. The van der Waals surface area contributed by atoms with E-state index in [0.717, 1.165) is 16.7 Å². The van der Waals surface area contributed by atoms with Crippen LogP contribution in [-0.4, -0.2) is 12.2 Å². The van der Waals surface area contributed by atoms with Gasteiger partial charge in [-0.15, -0.1) is 0 Å². The summed E-state index contributed by atoms with van der Waals surface area (Å²) in [5.41, 5.74) is 5.67. The largest absolute Gasteiger partial charge is 0.507 e. The van der Waals surface area contributed by atoms with Crippen molar-refractivity contribution in [2.24, 2.45) is 0 Å². The highest BCUT2D eigenvalue weighted by Crippen LogP contribution is 2.47. The Labute approximate surface area is 201 Å². The van der Waals surface area contributed by atoms with Gasteiger partial charge in [0, 0.05) is 12.7 Å². The predicted octanol–water partition coefficient (Wildman–Crippen LogP) is 7.38. The van der Waals surface area contributed by atoms with E-state index in [1.807, 2.05) is 6.92 Å². The van der Waals surface area contributed by atoms with E-state index in [9.17, 15) is 5.11 Å². The molecule has 0 bridgehead atoms. The first-order chi connectivity index (χ1) is 16.6. The van der Waals surface area contributed by atoms with E-state index in [4.69, 9.17) is 4.74 Å². The molecule has 5 aromatic carbocycles. The molecule has 0 atom stereocenters. The van der Waals surface area contributed by atoms with Crippen LogP contribution in [0.4, 0.5) is 0 Å². The summed E-state index contributed by atoms with van der Waals surface area (Å²) in [6.07, 6.45) is 0. The van der Waals surface area contributed by atoms with Crippen molar-refractivity contribution < 1.29 is 9.84 Å². The summed E-state index contributed by atoms with van der Waals surface area (Å²) in [7, 11) is 1.66. The highest BCUT2D eigenvalue weighted by atomic mass is 16.5. The number of hydrogen-bond donors (Lipinski definition) is 1. The second kappa shape index (κ2) is 9.17. The SMILES string of the molecule is COCc1cc(C(c2ccccc2)(c2ccccc2)c2ccc3ccccc3c2)cc(C)c1O. The second-order valence-corrected chi connectivity index (χ2v) is 8.78. The highest BCUT2D eigenvalue weighted by Gasteiger charge is 2.39. The molecule has 2 nitrogen and oxygen atoms in total. The van der Waals surface area contributed by atoms with Crippen LogP contribution >= 0.6 is 0 Å². The maximum atomic E-state index is 10.8. The molecule has 5 aromatic rings. The van der Waals surface area contributed by atoms with E-state index in [1.54, 1.807) is 7.11 Å². The standard InChI is InChI=1S/C32H28O2/c1-23-19-30(21-26(22-34-2)31(23)33)32(27-13-5-3-6-14-27,28-15-7-4-8-16-28)29-18-17-24-11-9-10-12-25(24)20-29/h3-21,33H,22H2,1-2H3. The van der Waals surface area contributed by atoms with Crippen molar-refractivity contribution in [1.82, 2.24) is 0 Å². The van der Waals surface area contributed by atoms with Crippen LogP contribution in [0.5, 0.6) is 5.75 Å². The van der Waals surface area contributed by atoms with Gasteiger partial charge in [0.25, 0.3) is 0 Å². The number of aromatic hydroxyl groups is 1. The molecule has 0 aliphatic carbocycles. The van der Waals surface area contributed by atoms with Crippen molar-refractivity contribution in [1.29, 1.82) is 0 Å². The molecule has 0 saturated carbocycles. The molecule has 0 fully saturated rings. The second-order valence-electron chi connectivity index (χ2n) is 8.78. The van der Waals surface area contributed by atoms with Crippen molar-refractivity contribution in [3.05, 3.63) is 149 Å². The Kier molecular flexibility index (Phi) is 5.91. The molecule has 0 spiro atoms. The summed E-state index contributed by atoms with van der Waals surface area (Å²) >= 11 is 0. The van der Waals surface area contributed by atoms with Gasteiger partial charge in [0.15, 0.2) is 0 Å². The third-order valence-electron chi connectivity index (χ3n) is 6.71. The first-order valence-electron chi connectivity index (χ1n) is 11.6. The maximum Gasteiger partial charge on any atom is 0.124 e. The number of fused-ring (bicyclic) bond motifs is 1. The average Bonchev–Trinajstić information content (AvgIpc) is 2.89. The minimum absolute atomic E-state index is 0.291. The van der Waals surface area contributed by atoms with Crippen LogP contribution in [-0.2, 0) is 16.8 Å². The van der Waals surface area contributed by atoms with Crippen molar-refractivity contribution in [2.45, 2.75) is 18.9 Å². The Morgan fingerprint density at radius 1 is 0.618 bits per heavy atom. The van der Waals surface area contributed by atoms with Crippen molar-refractivity contribution in [3.8, 4) is 5.75 Å². The van der Waals surface area contributed by atoms with Crippen LogP contribution in [0.15, 0.2) is 115 Å². The molecular weight excluding hydrogens is 416 g/mol. The van der Waals surface area contributed by atoms with Crippen LogP contribution in [0.3, 0.4) is 0 Å². The van der Waals surface area contributed by atoms with E-state index >= 15 is 0 Å². The van der Waals surface area contributed by atoms with Gasteiger partial charge >= 0.3 is 0 Å². The molecule has 1 N–H and O–H groups in total. The molecule has 0 heterocycles. The van der Waals surface area contributed by atoms with Crippen LogP contribution in [0, 0.1) is 6.92 Å². The lowest BCUT2D eigenvalue weighted by Crippen LogP contribution is -2.31. The summed E-state index contributed by atoms with van der Waals surface area (Å²) in [5.74, 6) is 0.291. The number of ether oxygens (including phenoxy) is 1. The third-order valence-corrected chi connectivity index (χ3v) is 6.71. The third kappa shape index (κ3) is 3.67. The highest BCUT2D eigenvalue weighted by molar-refractivity contribution is 5.84. The van der Waals surface area contributed by atoms with Crippen molar-refractivity contribution in [3.63, 3.8) is 0 Å². The Hall–Kier alpha value is -3.88. The monoisotopic (exact) mass is 444 g/mol. The number of benzene rings is 5. The van der Waals surface area contributed by atoms with Gasteiger partial charge in [-0.1, -0.05) is 103 Å². The molecule has 2 heteroatoms. The zero-order chi connectivity index (χ0) is 23.5. The fourth-order valence-corrected chi connectivity index (χ4v) is 5.13. The molecule has 34 heavy (non-hydrogen) atoms. The number of phenolic OH excluding ortho intramolecular Hbond substituents is 1. The van der Waals surface area contributed by atoms with E-state index in [1.165, 1.54) is 27.5 Å². The quantitative estimate of drug-likeness (QED) is 0.277. The molecule has 0 aliphatic rings. The number of methoxy groups -OCH3 is 1. The molecule has 0 unspecified atom stereocenters. The number of aryl methyl sites for hydroxylation is 1. The minimum atomic E-state index is -0.576. The summed E-state index contributed by atoms with van der Waals surface area (Å²) in [5, 5.41) is 13.2. The minimum Gasteiger partial charge on any atom is -0.507 e. The summed E-state index contributed by atoms with van der Waals surface area (Å²) in [6, 6.07) is 40.7. The van der Waals surface area contributed by atoms with Gasteiger partial charge < -0.3 is 9.84 Å². The lowest BCUT2D eigenvalue weighted by atomic mass is 9.64. The van der Waals surface area contributed by atoms with Gasteiger partial charge in [-0.05, 0) is 57.6 Å². The Morgan fingerprint density at radius 2 is 1.21 bits per heavy atom. The van der Waals surface area contributed by atoms with Crippen LogP contribution in [0.2, 0.25) is 0 Å². The predicted molar refractivity (Wildman–Crippen MR) is 139 cm³/mol. The van der Waals surface area contributed by atoms with E-state index in [-0.39, 0.29) is 0 Å². The first kappa shape index (κ1) is 21.9. The Bertz CT molecular complexity index is 1380. The molecule has 168 valence electrons. The fourth-order valence-electron chi connectivity index (χ4n) is 5.13. The van der Waals surface area contributed by atoms with Crippen molar-refractivity contribution in [2.75, 3.05) is 7.11 Å². The summed E-state index contributed by atoms with van der Waals surface area (Å²) in [6.45, 7) is 2.30. The maximum absolute atomic E-state index is 10.8. The van der Waals surface area contributed by atoms with Crippen LogP contribution < -0.4 is 0 Å². The molecule has 0 aliphatic heterocycles. The van der Waals surface area contributed by atoms with Crippen molar-refractivity contribution >= 4 is 10.8 Å². The number of phenols is 1. The molecule has 0 aromatic heterocycles. The van der Waals surface area contributed by atoms with E-state index in [0.29, 0.717) is 12.4 Å². The lowest BCUT2D eigenvalue weighted by Gasteiger charge is -2.37. The molecule has 0 radical (unpaired) electrons. The Morgan fingerprint density at radius 3 is 1.82 bits per heavy atom. The fraction of sp³-hybridized carbons (Fsp3) is 0.125. The summed E-state index contributed by atoms with van der Waals surface area (Å²) < 4.78 is 5.45. The molecule has 5 rings (SSSR count). The van der Waals surface area contributed by atoms with Gasteiger partial charge in [-0.25, -0.2) is 0 Å². The van der Waals surface area contributed by atoms with Gasteiger partial charge in [0.2, 0.25) is 0 Å².